The summed E-state index contributed by atoms with van der Waals surface area (Å²) in [6.45, 7) is 0. The minimum absolute atomic E-state index is 0.206. The molecule has 0 saturated carbocycles. The molecule has 2 rings (SSSR count). The van der Waals surface area contributed by atoms with Gasteiger partial charge >= 0.3 is 0 Å². The second-order valence-electron chi connectivity index (χ2n) is 4.31. The Morgan fingerprint density at radius 1 is 1.00 bits per heavy atom. The molecule has 0 radical (unpaired) electrons. The number of aliphatic hydroxyl groups is 1. The van der Waals surface area contributed by atoms with Gasteiger partial charge in [0.05, 0.1) is 19.2 Å². The lowest BCUT2D eigenvalue weighted by atomic mass is 10.0. The molecule has 21 heavy (non-hydrogen) atoms. The van der Waals surface area contributed by atoms with Crippen molar-refractivity contribution in [2.45, 2.75) is 6.10 Å². The van der Waals surface area contributed by atoms with Crippen LogP contribution in [-0.2, 0) is 0 Å². The zero-order chi connectivity index (χ0) is 15.6. The van der Waals surface area contributed by atoms with E-state index in [1.165, 1.54) is 32.4 Å². The zero-order valence-electron chi connectivity index (χ0n) is 11.4. The maximum atomic E-state index is 13.2. The molecular weight excluding hydrogens is 302 g/mol. The number of halogens is 3. The van der Waals surface area contributed by atoms with Gasteiger partial charge in [0, 0.05) is 0 Å². The van der Waals surface area contributed by atoms with E-state index in [9.17, 15) is 13.9 Å². The highest BCUT2D eigenvalue weighted by Gasteiger charge is 2.18. The molecule has 0 amide bonds. The van der Waals surface area contributed by atoms with Crippen LogP contribution in [-0.4, -0.2) is 19.3 Å². The SMILES string of the molecule is COc1cc(C(O)c2ccc(F)c(F)c2)cc(Cl)c1OC. The number of methoxy groups -OCH3 is 2. The normalized spacial score (nSPS) is 12.1. The lowest BCUT2D eigenvalue weighted by molar-refractivity contribution is 0.218. The smallest absolute Gasteiger partial charge is 0.179 e. The van der Waals surface area contributed by atoms with E-state index in [0.29, 0.717) is 17.1 Å². The molecule has 3 nitrogen and oxygen atoms in total. The van der Waals surface area contributed by atoms with Crippen molar-refractivity contribution in [1.29, 1.82) is 0 Å². The average Bonchev–Trinajstić information content (AvgIpc) is 2.48. The summed E-state index contributed by atoms with van der Waals surface area (Å²) in [4.78, 5) is 0. The van der Waals surface area contributed by atoms with Gasteiger partial charge in [0.1, 0.15) is 6.10 Å². The molecule has 0 bridgehead atoms. The summed E-state index contributed by atoms with van der Waals surface area (Å²) in [7, 11) is 2.87. The van der Waals surface area contributed by atoms with Crippen molar-refractivity contribution >= 4 is 11.6 Å². The molecule has 1 N–H and O–H groups in total. The van der Waals surface area contributed by atoms with E-state index in [1.807, 2.05) is 0 Å². The van der Waals surface area contributed by atoms with Crippen LogP contribution in [0.4, 0.5) is 8.78 Å². The van der Waals surface area contributed by atoms with Crippen molar-refractivity contribution in [3.8, 4) is 11.5 Å². The fourth-order valence-electron chi connectivity index (χ4n) is 1.97. The number of ether oxygens (including phenoxy) is 2. The Hall–Kier alpha value is -1.85. The molecule has 0 aliphatic heterocycles. The van der Waals surface area contributed by atoms with Crippen LogP contribution in [0.1, 0.15) is 17.2 Å². The summed E-state index contributed by atoms with van der Waals surface area (Å²) in [5.41, 5.74) is 0.584. The van der Waals surface area contributed by atoms with E-state index in [2.05, 4.69) is 0 Å². The van der Waals surface area contributed by atoms with Gasteiger partial charge in [-0.15, -0.1) is 0 Å². The summed E-state index contributed by atoms with van der Waals surface area (Å²) in [6, 6.07) is 6.19. The highest BCUT2D eigenvalue weighted by molar-refractivity contribution is 6.32. The Morgan fingerprint density at radius 2 is 1.71 bits per heavy atom. The lowest BCUT2D eigenvalue weighted by Gasteiger charge is -2.16. The van der Waals surface area contributed by atoms with Crippen LogP contribution in [0.25, 0.3) is 0 Å². The molecule has 0 aliphatic rings. The predicted octanol–water partition coefficient (Wildman–Crippen LogP) is 3.72. The summed E-state index contributed by atoms with van der Waals surface area (Å²) >= 11 is 6.05. The minimum Gasteiger partial charge on any atom is -0.493 e. The lowest BCUT2D eigenvalue weighted by Crippen LogP contribution is -2.03. The van der Waals surface area contributed by atoms with Gasteiger partial charge in [-0.3, -0.25) is 0 Å². The Morgan fingerprint density at radius 3 is 2.29 bits per heavy atom. The summed E-state index contributed by atoms with van der Waals surface area (Å²) in [6.07, 6.45) is -1.17. The van der Waals surface area contributed by atoms with Crippen molar-refractivity contribution in [3.63, 3.8) is 0 Å². The first-order chi connectivity index (χ1) is 9.97. The summed E-state index contributed by atoms with van der Waals surface area (Å²) in [5, 5.41) is 10.5. The van der Waals surface area contributed by atoms with E-state index in [0.717, 1.165) is 12.1 Å². The number of aliphatic hydroxyl groups excluding tert-OH is 1. The van der Waals surface area contributed by atoms with Crippen LogP contribution in [0, 0.1) is 11.6 Å². The van der Waals surface area contributed by atoms with Gasteiger partial charge in [0.25, 0.3) is 0 Å². The first-order valence-electron chi connectivity index (χ1n) is 6.02. The zero-order valence-corrected chi connectivity index (χ0v) is 12.1. The summed E-state index contributed by atoms with van der Waals surface area (Å²) < 4.78 is 36.4. The molecule has 1 atom stereocenters. The Balaban J connectivity index is 2.45. The second-order valence-corrected chi connectivity index (χ2v) is 4.72. The van der Waals surface area contributed by atoms with Crippen molar-refractivity contribution in [1.82, 2.24) is 0 Å². The quantitative estimate of drug-likeness (QED) is 0.935. The molecule has 0 aliphatic carbocycles. The van der Waals surface area contributed by atoms with Gasteiger partial charge in [0.15, 0.2) is 23.1 Å². The monoisotopic (exact) mass is 314 g/mol. The Kier molecular flexibility index (Phi) is 4.65. The molecule has 0 spiro atoms. The van der Waals surface area contributed by atoms with Crippen LogP contribution in [0.15, 0.2) is 30.3 Å². The van der Waals surface area contributed by atoms with Gasteiger partial charge < -0.3 is 14.6 Å². The van der Waals surface area contributed by atoms with Gasteiger partial charge in [-0.2, -0.15) is 0 Å². The maximum absolute atomic E-state index is 13.2. The van der Waals surface area contributed by atoms with Gasteiger partial charge in [-0.1, -0.05) is 17.7 Å². The number of hydrogen-bond donors (Lipinski definition) is 1. The van der Waals surface area contributed by atoms with E-state index in [-0.39, 0.29) is 10.6 Å². The molecule has 0 aromatic heterocycles. The van der Waals surface area contributed by atoms with E-state index >= 15 is 0 Å². The second kappa shape index (κ2) is 6.28. The predicted molar refractivity (Wildman–Crippen MR) is 75.0 cm³/mol. The molecule has 0 heterocycles. The first kappa shape index (κ1) is 15.5. The fourth-order valence-corrected chi connectivity index (χ4v) is 2.27. The van der Waals surface area contributed by atoms with Crippen LogP contribution >= 0.6 is 11.6 Å². The standard InChI is InChI=1S/C15H13ClF2O3/c1-20-13-7-9(5-10(16)15(13)21-2)14(19)8-3-4-11(17)12(18)6-8/h3-7,14,19H,1-2H3. The van der Waals surface area contributed by atoms with Crippen LogP contribution in [0.3, 0.4) is 0 Å². The number of rotatable bonds is 4. The first-order valence-corrected chi connectivity index (χ1v) is 6.40. The Labute approximate surface area is 125 Å². The topological polar surface area (TPSA) is 38.7 Å². The third-order valence-electron chi connectivity index (χ3n) is 3.03. The molecule has 2 aromatic rings. The van der Waals surface area contributed by atoms with Crippen LogP contribution in [0.2, 0.25) is 5.02 Å². The maximum Gasteiger partial charge on any atom is 0.179 e. The summed E-state index contributed by atoms with van der Waals surface area (Å²) in [5.74, 6) is -1.34. The largest absolute Gasteiger partial charge is 0.493 e. The van der Waals surface area contributed by atoms with Crippen molar-refractivity contribution < 1.29 is 23.4 Å². The molecule has 1 unspecified atom stereocenters. The van der Waals surface area contributed by atoms with Gasteiger partial charge in [-0.05, 0) is 35.4 Å². The molecule has 112 valence electrons. The van der Waals surface area contributed by atoms with Crippen LogP contribution < -0.4 is 9.47 Å². The molecule has 6 heteroatoms. The third kappa shape index (κ3) is 3.09. The van der Waals surface area contributed by atoms with E-state index < -0.39 is 17.7 Å². The van der Waals surface area contributed by atoms with Gasteiger partial charge in [-0.25, -0.2) is 8.78 Å². The average molecular weight is 315 g/mol. The molecule has 0 saturated heterocycles. The van der Waals surface area contributed by atoms with Crippen molar-refractivity contribution in [2.24, 2.45) is 0 Å². The Bertz CT molecular complexity index is 662. The molecule has 2 aromatic carbocycles. The minimum atomic E-state index is -1.17. The van der Waals surface area contributed by atoms with Crippen molar-refractivity contribution in [3.05, 3.63) is 58.1 Å². The van der Waals surface area contributed by atoms with Crippen LogP contribution in [0.5, 0.6) is 11.5 Å². The third-order valence-corrected chi connectivity index (χ3v) is 3.31. The number of benzene rings is 2. The molecule has 0 fully saturated rings. The van der Waals surface area contributed by atoms with Crippen molar-refractivity contribution in [2.75, 3.05) is 14.2 Å². The highest BCUT2D eigenvalue weighted by atomic mass is 35.5. The highest BCUT2D eigenvalue weighted by Crippen LogP contribution is 2.38. The van der Waals surface area contributed by atoms with Gasteiger partial charge in [0.2, 0.25) is 0 Å². The number of hydrogen-bond acceptors (Lipinski definition) is 3. The fraction of sp³-hybridized carbons (Fsp3) is 0.200. The van der Waals surface area contributed by atoms with E-state index in [1.54, 1.807) is 0 Å². The van der Waals surface area contributed by atoms with E-state index in [4.69, 9.17) is 21.1 Å². The molecular formula is C15H13ClF2O3.